The van der Waals surface area contributed by atoms with E-state index in [2.05, 4.69) is 10.3 Å². The van der Waals surface area contributed by atoms with Crippen LogP contribution in [0.4, 0.5) is 11.4 Å². The van der Waals surface area contributed by atoms with Gasteiger partial charge in [-0.2, -0.15) is 0 Å². The number of carbonyl (C=O) groups excluding carboxylic acids is 1. The molecule has 1 amide bonds. The number of nitrogens with zero attached hydrogens (tertiary/aromatic N) is 1. The van der Waals surface area contributed by atoms with Crippen LogP contribution in [0.3, 0.4) is 0 Å². The smallest absolute Gasteiger partial charge is 0.231 e. The highest BCUT2D eigenvalue weighted by molar-refractivity contribution is 7.10. The lowest BCUT2D eigenvalue weighted by Crippen LogP contribution is -2.14. The monoisotopic (exact) mass is 323 g/mol. The largest absolute Gasteiger partial charge is 0.399 e. The molecule has 23 heavy (non-hydrogen) atoms. The summed E-state index contributed by atoms with van der Waals surface area (Å²) >= 11 is 1.48. The van der Waals surface area contributed by atoms with E-state index in [0.717, 1.165) is 27.5 Å². The van der Waals surface area contributed by atoms with E-state index in [1.54, 1.807) is 0 Å². The molecule has 3 aromatic rings. The van der Waals surface area contributed by atoms with Gasteiger partial charge in [-0.1, -0.05) is 24.3 Å². The van der Waals surface area contributed by atoms with Gasteiger partial charge in [0.15, 0.2) is 0 Å². The zero-order chi connectivity index (χ0) is 16.2. The van der Waals surface area contributed by atoms with E-state index >= 15 is 0 Å². The summed E-state index contributed by atoms with van der Waals surface area (Å²) in [6.45, 7) is 1.99. The normalized spacial score (nSPS) is 10.5. The molecule has 1 aromatic heterocycles. The number of nitrogen functional groups attached to an aromatic ring is 1. The van der Waals surface area contributed by atoms with Crippen molar-refractivity contribution in [2.24, 2.45) is 0 Å². The van der Waals surface area contributed by atoms with Crippen LogP contribution < -0.4 is 11.1 Å². The van der Waals surface area contributed by atoms with Crippen LogP contribution in [0.15, 0.2) is 53.9 Å². The maximum Gasteiger partial charge on any atom is 0.231 e. The minimum absolute atomic E-state index is 0.0657. The molecule has 0 bridgehead atoms. The number of hydrogen-bond acceptors (Lipinski definition) is 4. The number of nitrogens with one attached hydrogen (secondary N) is 1. The number of anilines is 2. The van der Waals surface area contributed by atoms with Gasteiger partial charge in [0.1, 0.15) is 5.01 Å². The van der Waals surface area contributed by atoms with E-state index in [9.17, 15) is 4.79 Å². The lowest BCUT2D eigenvalue weighted by Gasteiger charge is -2.04. The topological polar surface area (TPSA) is 68.0 Å². The fourth-order valence-corrected chi connectivity index (χ4v) is 3.09. The Bertz CT molecular complexity index is 842. The highest BCUT2D eigenvalue weighted by Gasteiger charge is 2.10. The first-order valence-electron chi connectivity index (χ1n) is 7.27. The van der Waals surface area contributed by atoms with Gasteiger partial charge in [-0.25, -0.2) is 4.98 Å². The van der Waals surface area contributed by atoms with Crippen molar-refractivity contribution < 1.29 is 4.79 Å². The fourth-order valence-electron chi connectivity index (χ4n) is 2.29. The summed E-state index contributed by atoms with van der Waals surface area (Å²) in [6.07, 6.45) is 0.265. The molecule has 2 aromatic carbocycles. The van der Waals surface area contributed by atoms with Crippen LogP contribution in [0.25, 0.3) is 11.3 Å². The van der Waals surface area contributed by atoms with Gasteiger partial charge in [0.2, 0.25) is 5.91 Å². The van der Waals surface area contributed by atoms with Crippen LogP contribution in [-0.4, -0.2) is 10.9 Å². The third-order valence-electron chi connectivity index (χ3n) is 3.35. The van der Waals surface area contributed by atoms with Gasteiger partial charge in [-0.15, -0.1) is 11.3 Å². The molecule has 116 valence electrons. The minimum Gasteiger partial charge on any atom is -0.399 e. The number of aryl methyl sites for hydroxylation is 1. The number of nitrogens with two attached hydrogens (primary N) is 1. The molecule has 1 heterocycles. The van der Waals surface area contributed by atoms with Crippen molar-refractivity contribution in [1.29, 1.82) is 0 Å². The SMILES string of the molecule is Cc1cccc(NC(=O)Cc2nc(-c3cccc(N)c3)cs2)c1. The zero-order valence-electron chi connectivity index (χ0n) is 12.7. The average Bonchev–Trinajstić information content (AvgIpc) is 2.95. The molecule has 3 rings (SSSR count). The number of amides is 1. The van der Waals surface area contributed by atoms with Gasteiger partial charge in [-0.3, -0.25) is 4.79 Å². The molecular formula is C18H17N3OS. The molecule has 0 spiro atoms. The van der Waals surface area contributed by atoms with Crippen LogP contribution in [0.1, 0.15) is 10.6 Å². The van der Waals surface area contributed by atoms with E-state index in [0.29, 0.717) is 5.69 Å². The second-order valence-electron chi connectivity index (χ2n) is 5.35. The molecule has 3 N–H and O–H groups in total. The first-order valence-corrected chi connectivity index (χ1v) is 8.15. The van der Waals surface area contributed by atoms with Crippen LogP contribution in [0.5, 0.6) is 0 Å². The van der Waals surface area contributed by atoms with Crippen molar-refractivity contribution in [1.82, 2.24) is 4.98 Å². The highest BCUT2D eigenvalue weighted by Crippen LogP contribution is 2.24. The third-order valence-corrected chi connectivity index (χ3v) is 4.20. The first kappa shape index (κ1) is 15.2. The molecule has 0 aliphatic carbocycles. The van der Waals surface area contributed by atoms with Gasteiger partial charge < -0.3 is 11.1 Å². The maximum absolute atomic E-state index is 12.1. The van der Waals surface area contributed by atoms with E-state index in [1.165, 1.54) is 11.3 Å². The fraction of sp³-hybridized carbons (Fsp3) is 0.111. The van der Waals surface area contributed by atoms with Gasteiger partial charge in [0.25, 0.3) is 0 Å². The third kappa shape index (κ3) is 3.96. The van der Waals surface area contributed by atoms with E-state index in [-0.39, 0.29) is 12.3 Å². The molecule has 0 radical (unpaired) electrons. The standard InChI is InChI=1S/C18H17N3OS/c1-12-4-2-7-15(8-12)20-17(22)10-18-21-16(11-23-18)13-5-3-6-14(19)9-13/h2-9,11H,10,19H2,1H3,(H,20,22). The van der Waals surface area contributed by atoms with Crippen LogP contribution in [0, 0.1) is 6.92 Å². The Labute approximate surface area is 139 Å². The Kier molecular flexibility index (Phi) is 4.39. The molecule has 0 aliphatic rings. The van der Waals surface area contributed by atoms with E-state index < -0.39 is 0 Å². The van der Waals surface area contributed by atoms with Crippen LogP contribution >= 0.6 is 11.3 Å². The zero-order valence-corrected chi connectivity index (χ0v) is 13.6. The number of thiazole rings is 1. The van der Waals surface area contributed by atoms with Gasteiger partial charge in [-0.05, 0) is 36.8 Å². The maximum atomic E-state index is 12.1. The molecule has 0 fully saturated rings. The Hall–Kier alpha value is -2.66. The van der Waals surface area contributed by atoms with Gasteiger partial charge >= 0.3 is 0 Å². The van der Waals surface area contributed by atoms with Crippen molar-refractivity contribution in [3.05, 3.63) is 64.5 Å². The lowest BCUT2D eigenvalue weighted by molar-refractivity contribution is -0.115. The Morgan fingerprint density at radius 1 is 1.22 bits per heavy atom. The van der Waals surface area contributed by atoms with E-state index in [4.69, 9.17) is 5.73 Å². The molecule has 0 aliphatic heterocycles. The predicted octanol–water partition coefficient (Wildman–Crippen LogP) is 3.88. The molecule has 0 unspecified atom stereocenters. The van der Waals surface area contributed by atoms with Gasteiger partial charge in [0.05, 0.1) is 12.1 Å². The summed E-state index contributed by atoms with van der Waals surface area (Å²) < 4.78 is 0. The number of rotatable bonds is 4. The summed E-state index contributed by atoms with van der Waals surface area (Å²) in [6, 6.07) is 15.3. The minimum atomic E-state index is -0.0657. The Morgan fingerprint density at radius 2 is 2.04 bits per heavy atom. The van der Waals surface area contributed by atoms with Crippen LogP contribution in [0.2, 0.25) is 0 Å². The predicted molar refractivity (Wildman–Crippen MR) is 95.5 cm³/mol. The summed E-state index contributed by atoms with van der Waals surface area (Å²) in [5.74, 6) is -0.0657. The van der Waals surface area contributed by atoms with Crippen molar-refractivity contribution in [3.63, 3.8) is 0 Å². The molecule has 0 saturated carbocycles. The number of carbonyl (C=O) groups is 1. The number of benzene rings is 2. The molecule has 0 atom stereocenters. The lowest BCUT2D eigenvalue weighted by atomic mass is 10.1. The van der Waals surface area contributed by atoms with Gasteiger partial charge in [0, 0.05) is 22.3 Å². The molecule has 4 nitrogen and oxygen atoms in total. The van der Waals surface area contributed by atoms with Crippen molar-refractivity contribution in [2.75, 3.05) is 11.1 Å². The van der Waals surface area contributed by atoms with E-state index in [1.807, 2.05) is 60.8 Å². The van der Waals surface area contributed by atoms with Crippen LogP contribution in [-0.2, 0) is 11.2 Å². The molecule has 0 saturated heterocycles. The average molecular weight is 323 g/mol. The summed E-state index contributed by atoms with van der Waals surface area (Å²) in [5, 5.41) is 5.63. The Balaban J connectivity index is 1.68. The molecular weight excluding hydrogens is 306 g/mol. The van der Waals surface area contributed by atoms with Crippen molar-refractivity contribution in [3.8, 4) is 11.3 Å². The quantitative estimate of drug-likeness (QED) is 0.716. The highest BCUT2D eigenvalue weighted by atomic mass is 32.1. The first-order chi connectivity index (χ1) is 11.1. The van der Waals surface area contributed by atoms with Crippen molar-refractivity contribution in [2.45, 2.75) is 13.3 Å². The summed E-state index contributed by atoms with van der Waals surface area (Å²) in [4.78, 5) is 16.7. The van der Waals surface area contributed by atoms with Crippen molar-refractivity contribution >= 4 is 28.6 Å². The number of aromatic nitrogens is 1. The Morgan fingerprint density at radius 3 is 2.83 bits per heavy atom. The number of hydrogen-bond donors (Lipinski definition) is 2. The second kappa shape index (κ2) is 6.62. The molecule has 5 heteroatoms. The second-order valence-corrected chi connectivity index (χ2v) is 6.29. The summed E-state index contributed by atoms with van der Waals surface area (Å²) in [7, 11) is 0. The summed E-state index contributed by atoms with van der Waals surface area (Å²) in [5.41, 5.74) is 10.2.